The standard InChI is InChI=1S/C15H19FN2/c1-11-4-3-5-12(2)18(11)10-14-6-13(9-17)7-15(16)8-14/h6-8,11-12H,3-5,10H2,1-2H3/t11-,12+. The van der Waals surface area contributed by atoms with E-state index in [1.165, 1.54) is 31.4 Å². The Hall–Kier alpha value is -1.40. The molecule has 96 valence electrons. The van der Waals surface area contributed by atoms with Gasteiger partial charge in [-0.15, -0.1) is 0 Å². The number of hydrogen-bond acceptors (Lipinski definition) is 2. The van der Waals surface area contributed by atoms with Gasteiger partial charge in [-0.1, -0.05) is 6.42 Å². The van der Waals surface area contributed by atoms with Crippen LogP contribution in [0.25, 0.3) is 0 Å². The van der Waals surface area contributed by atoms with Gasteiger partial charge in [0.1, 0.15) is 5.82 Å². The quantitative estimate of drug-likeness (QED) is 0.799. The number of hydrogen-bond donors (Lipinski definition) is 0. The highest BCUT2D eigenvalue weighted by Gasteiger charge is 2.24. The van der Waals surface area contributed by atoms with E-state index in [9.17, 15) is 4.39 Å². The Labute approximate surface area is 108 Å². The summed E-state index contributed by atoms with van der Waals surface area (Å²) in [5.41, 5.74) is 1.30. The van der Waals surface area contributed by atoms with Crippen LogP contribution in [0.4, 0.5) is 4.39 Å². The normalized spacial score (nSPS) is 24.8. The van der Waals surface area contributed by atoms with E-state index >= 15 is 0 Å². The molecule has 2 atom stereocenters. The monoisotopic (exact) mass is 246 g/mol. The molecule has 1 aromatic carbocycles. The first kappa shape index (κ1) is 13.0. The predicted octanol–water partition coefficient (Wildman–Crippen LogP) is 3.46. The van der Waals surface area contributed by atoms with E-state index in [1.54, 1.807) is 6.07 Å². The minimum atomic E-state index is -0.318. The second-order valence-electron chi connectivity index (χ2n) is 5.26. The van der Waals surface area contributed by atoms with E-state index in [2.05, 4.69) is 18.7 Å². The summed E-state index contributed by atoms with van der Waals surface area (Å²) in [6, 6.07) is 7.68. The lowest BCUT2D eigenvalue weighted by Gasteiger charge is -2.39. The second-order valence-corrected chi connectivity index (χ2v) is 5.26. The van der Waals surface area contributed by atoms with Gasteiger partial charge in [-0.3, -0.25) is 4.90 Å². The smallest absolute Gasteiger partial charge is 0.124 e. The van der Waals surface area contributed by atoms with Crippen molar-refractivity contribution in [2.45, 2.75) is 51.7 Å². The molecule has 0 unspecified atom stereocenters. The molecule has 0 radical (unpaired) electrons. The van der Waals surface area contributed by atoms with Crippen LogP contribution in [0, 0.1) is 17.1 Å². The SMILES string of the molecule is C[C@@H]1CCC[C@H](C)N1Cc1cc(F)cc(C#N)c1. The van der Waals surface area contributed by atoms with Crippen LogP contribution in [0.5, 0.6) is 0 Å². The van der Waals surface area contributed by atoms with Crippen molar-refractivity contribution in [1.82, 2.24) is 4.90 Å². The number of benzene rings is 1. The Balaban J connectivity index is 2.17. The number of piperidine rings is 1. The van der Waals surface area contributed by atoms with Crippen LogP contribution in [0.1, 0.15) is 44.2 Å². The molecule has 2 rings (SSSR count). The Morgan fingerprint density at radius 3 is 2.56 bits per heavy atom. The van der Waals surface area contributed by atoms with Crippen molar-refractivity contribution in [3.63, 3.8) is 0 Å². The van der Waals surface area contributed by atoms with Gasteiger partial charge in [0.2, 0.25) is 0 Å². The van der Waals surface area contributed by atoms with Gasteiger partial charge < -0.3 is 0 Å². The lowest BCUT2D eigenvalue weighted by Crippen LogP contribution is -2.42. The Bertz CT molecular complexity index is 454. The predicted molar refractivity (Wildman–Crippen MR) is 69.4 cm³/mol. The van der Waals surface area contributed by atoms with Crippen LogP contribution in [0.3, 0.4) is 0 Å². The van der Waals surface area contributed by atoms with E-state index in [4.69, 9.17) is 5.26 Å². The minimum absolute atomic E-state index is 0.318. The summed E-state index contributed by atoms with van der Waals surface area (Å²) in [6.07, 6.45) is 3.67. The van der Waals surface area contributed by atoms with E-state index in [0.29, 0.717) is 17.6 Å². The fourth-order valence-electron chi connectivity index (χ4n) is 2.80. The van der Waals surface area contributed by atoms with Gasteiger partial charge in [-0.05, 0) is 50.5 Å². The molecule has 1 aromatic rings. The molecular formula is C15H19FN2. The van der Waals surface area contributed by atoms with Crippen molar-refractivity contribution >= 4 is 0 Å². The highest BCUT2D eigenvalue weighted by molar-refractivity contribution is 5.33. The summed E-state index contributed by atoms with van der Waals surface area (Å²) in [5.74, 6) is -0.318. The molecule has 1 saturated heterocycles. The molecule has 0 aliphatic carbocycles. The molecule has 1 aliphatic heterocycles. The van der Waals surface area contributed by atoms with Crippen molar-refractivity contribution in [2.24, 2.45) is 0 Å². The number of nitriles is 1. The molecular weight excluding hydrogens is 227 g/mol. The van der Waals surface area contributed by atoms with Crippen LogP contribution in [-0.4, -0.2) is 17.0 Å². The first-order valence-corrected chi connectivity index (χ1v) is 6.55. The molecule has 0 saturated carbocycles. The zero-order valence-corrected chi connectivity index (χ0v) is 11.0. The van der Waals surface area contributed by atoms with Gasteiger partial charge in [0.05, 0.1) is 11.6 Å². The van der Waals surface area contributed by atoms with Gasteiger partial charge in [-0.25, -0.2) is 4.39 Å². The molecule has 1 fully saturated rings. The van der Waals surface area contributed by atoms with Crippen molar-refractivity contribution in [1.29, 1.82) is 5.26 Å². The molecule has 0 aromatic heterocycles. The van der Waals surface area contributed by atoms with Crippen molar-refractivity contribution in [3.05, 3.63) is 35.1 Å². The van der Waals surface area contributed by atoms with Gasteiger partial charge in [0.25, 0.3) is 0 Å². The van der Waals surface area contributed by atoms with Crippen molar-refractivity contribution in [2.75, 3.05) is 0 Å². The Morgan fingerprint density at radius 2 is 1.94 bits per heavy atom. The third kappa shape index (κ3) is 2.88. The van der Waals surface area contributed by atoms with Crippen LogP contribution in [0.2, 0.25) is 0 Å². The fraction of sp³-hybridized carbons (Fsp3) is 0.533. The first-order chi connectivity index (χ1) is 8.60. The summed E-state index contributed by atoms with van der Waals surface area (Å²) >= 11 is 0. The highest BCUT2D eigenvalue weighted by atomic mass is 19.1. The zero-order chi connectivity index (χ0) is 13.1. The third-order valence-corrected chi connectivity index (χ3v) is 3.83. The molecule has 0 spiro atoms. The molecule has 1 heterocycles. The molecule has 0 N–H and O–H groups in total. The van der Waals surface area contributed by atoms with Crippen molar-refractivity contribution < 1.29 is 4.39 Å². The van der Waals surface area contributed by atoms with Crippen LogP contribution >= 0.6 is 0 Å². The number of nitrogens with zero attached hydrogens (tertiary/aromatic N) is 2. The number of rotatable bonds is 2. The highest BCUT2D eigenvalue weighted by Crippen LogP contribution is 2.25. The largest absolute Gasteiger partial charge is 0.294 e. The summed E-state index contributed by atoms with van der Waals surface area (Å²) in [4.78, 5) is 2.40. The first-order valence-electron chi connectivity index (χ1n) is 6.55. The molecule has 0 amide bonds. The summed E-state index contributed by atoms with van der Waals surface area (Å²) in [5, 5.41) is 8.87. The van der Waals surface area contributed by atoms with Crippen LogP contribution in [0.15, 0.2) is 18.2 Å². The summed E-state index contributed by atoms with van der Waals surface area (Å²) in [7, 11) is 0. The van der Waals surface area contributed by atoms with Gasteiger partial charge in [-0.2, -0.15) is 5.26 Å². The summed E-state index contributed by atoms with van der Waals surface area (Å²) < 4.78 is 13.4. The van der Waals surface area contributed by atoms with E-state index in [1.807, 2.05) is 6.07 Å². The maximum atomic E-state index is 13.4. The molecule has 1 aliphatic rings. The fourth-order valence-corrected chi connectivity index (χ4v) is 2.80. The lowest BCUT2D eigenvalue weighted by atomic mass is 9.96. The lowest BCUT2D eigenvalue weighted by molar-refractivity contribution is 0.0951. The molecule has 0 bridgehead atoms. The third-order valence-electron chi connectivity index (χ3n) is 3.83. The van der Waals surface area contributed by atoms with Gasteiger partial charge >= 0.3 is 0 Å². The molecule has 2 nitrogen and oxygen atoms in total. The second kappa shape index (κ2) is 5.49. The van der Waals surface area contributed by atoms with Crippen LogP contribution in [-0.2, 0) is 6.54 Å². The zero-order valence-electron chi connectivity index (χ0n) is 11.0. The topological polar surface area (TPSA) is 27.0 Å². The maximum Gasteiger partial charge on any atom is 0.124 e. The Kier molecular flexibility index (Phi) is 3.98. The van der Waals surface area contributed by atoms with Crippen LogP contribution < -0.4 is 0 Å². The average Bonchev–Trinajstić information content (AvgIpc) is 2.33. The average molecular weight is 246 g/mol. The van der Waals surface area contributed by atoms with Gasteiger partial charge in [0, 0.05) is 18.6 Å². The van der Waals surface area contributed by atoms with E-state index in [0.717, 1.165) is 12.1 Å². The number of halogens is 1. The summed E-state index contributed by atoms with van der Waals surface area (Å²) in [6.45, 7) is 5.18. The Morgan fingerprint density at radius 1 is 1.28 bits per heavy atom. The van der Waals surface area contributed by atoms with Crippen molar-refractivity contribution in [3.8, 4) is 6.07 Å². The maximum absolute atomic E-state index is 13.4. The molecule has 3 heteroatoms. The number of likely N-dealkylation sites (tertiary alicyclic amines) is 1. The van der Waals surface area contributed by atoms with Gasteiger partial charge in [0.15, 0.2) is 0 Å². The van der Waals surface area contributed by atoms with E-state index in [-0.39, 0.29) is 5.82 Å². The molecule has 18 heavy (non-hydrogen) atoms. The minimum Gasteiger partial charge on any atom is -0.294 e. The van der Waals surface area contributed by atoms with E-state index < -0.39 is 0 Å².